The summed E-state index contributed by atoms with van der Waals surface area (Å²) in [7, 11) is -3.53. The van der Waals surface area contributed by atoms with Crippen LogP contribution >= 0.6 is 11.8 Å². The van der Waals surface area contributed by atoms with Gasteiger partial charge < -0.3 is 5.32 Å². The van der Waals surface area contributed by atoms with E-state index in [0.29, 0.717) is 17.9 Å². The van der Waals surface area contributed by atoms with Gasteiger partial charge in [0.2, 0.25) is 5.91 Å². The van der Waals surface area contributed by atoms with Crippen molar-refractivity contribution >= 4 is 33.5 Å². The number of rotatable bonds is 8. The summed E-state index contributed by atoms with van der Waals surface area (Å²) in [5.41, 5.74) is 1.82. The van der Waals surface area contributed by atoms with E-state index in [9.17, 15) is 13.2 Å². The molecule has 8 heteroatoms. The van der Waals surface area contributed by atoms with Crippen molar-refractivity contribution in [3.63, 3.8) is 0 Å². The molecule has 0 bridgehead atoms. The second kappa shape index (κ2) is 9.05. The van der Waals surface area contributed by atoms with Crippen LogP contribution in [0.5, 0.6) is 0 Å². The van der Waals surface area contributed by atoms with E-state index >= 15 is 0 Å². The minimum atomic E-state index is -3.53. The predicted octanol–water partition coefficient (Wildman–Crippen LogP) is 2.16. The van der Waals surface area contributed by atoms with Crippen molar-refractivity contribution in [1.82, 2.24) is 10.0 Å². The quantitative estimate of drug-likeness (QED) is 0.661. The third-order valence-corrected chi connectivity index (χ3v) is 6.38. The minimum absolute atomic E-state index is 0.0891. The van der Waals surface area contributed by atoms with Crippen molar-refractivity contribution in [3.05, 3.63) is 65.7 Å². The second-order valence-corrected chi connectivity index (χ2v) is 8.73. The van der Waals surface area contributed by atoms with Crippen LogP contribution in [-0.2, 0) is 20.6 Å². The predicted molar refractivity (Wildman–Crippen MR) is 108 cm³/mol. The van der Waals surface area contributed by atoms with E-state index < -0.39 is 10.0 Å². The monoisotopic (exact) mass is 403 g/mol. The molecule has 0 saturated heterocycles. The number of nitrogens with zero attached hydrogens (tertiary/aromatic N) is 1. The molecule has 0 fully saturated rings. The topological polar surface area (TPSA) is 87.6 Å². The van der Waals surface area contributed by atoms with Gasteiger partial charge in [-0.2, -0.15) is 11.8 Å². The number of thioether (sulfide) groups is 1. The lowest BCUT2D eigenvalue weighted by Gasteiger charge is -2.05. The van der Waals surface area contributed by atoms with E-state index in [0.717, 1.165) is 11.5 Å². The van der Waals surface area contributed by atoms with E-state index in [2.05, 4.69) is 27.2 Å². The summed E-state index contributed by atoms with van der Waals surface area (Å²) in [6.45, 7) is 0.831. The lowest BCUT2D eigenvalue weighted by Crippen LogP contribution is -2.27. The zero-order valence-corrected chi connectivity index (χ0v) is 16.4. The van der Waals surface area contributed by atoms with Gasteiger partial charge in [-0.05, 0) is 17.7 Å². The zero-order valence-electron chi connectivity index (χ0n) is 14.7. The summed E-state index contributed by atoms with van der Waals surface area (Å²) in [5.74, 6) is 1.97. The molecule has 0 spiro atoms. The molecule has 2 aromatic carbocycles. The Morgan fingerprint density at radius 1 is 1.07 bits per heavy atom. The Hall–Kier alpha value is -2.32. The largest absolute Gasteiger partial charge is 0.355 e. The summed E-state index contributed by atoms with van der Waals surface area (Å²) < 4.78 is 26.4. The van der Waals surface area contributed by atoms with Gasteiger partial charge in [0.25, 0.3) is 10.0 Å². The Kier molecular flexibility index (Phi) is 6.52. The molecule has 0 atom stereocenters. The number of aliphatic imine (C=N–C) groups is 1. The van der Waals surface area contributed by atoms with Crippen LogP contribution in [0.3, 0.4) is 0 Å². The van der Waals surface area contributed by atoms with Gasteiger partial charge in [0.05, 0.1) is 11.4 Å². The van der Waals surface area contributed by atoms with Crippen molar-refractivity contribution in [1.29, 1.82) is 0 Å². The minimum Gasteiger partial charge on any atom is -0.355 e. The molecule has 3 rings (SSSR count). The van der Waals surface area contributed by atoms with Gasteiger partial charge in [0, 0.05) is 30.0 Å². The molecule has 0 aliphatic carbocycles. The lowest BCUT2D eigenvalue weighted by atomic mass is 10.2. The maximum absolute atomic E-state index is 12.0. The van der Waals surface area contributed by atoms with E-state index in [1.807, 2.05) is 18.2 Å². The van der Waals surface area contributed by atoms with Gasteiger partial charge >= 0.3 is 0 Å². The maximum Gasteiger partial charge on any atom is 0.263 e. The second-order valence-electron chi connectivity index (χ2n) is 5.97. The van der Waals surface area contributed by atoms with Crippen LogP contribution in [0.4, 0.5) is 0 Å². The molecule has 0 saturated carbocycles. The molecule has 1 amide bonds. The summed E-state index contributed by atoms with van der Waals surface area (Å²) in [6.07, 6.45) is 0.219. The average Bonchev–Trinajstić information content (AvgIpc) is 2.93. The van der Waals surface area contributed by atoms with Crippen LogP contribution < -0.4 is 10.0 Å². The molecule has 1 aliphatic rings. The summed E-state index contributed by atoms with van der Waals surface area (Å²) in [6, 6.07) is 16.9. The molecule has 2 N–H and O–H groups in total. The highest BCUT2D eigenvalue weighted by Gasteiger charge is 2.29. The first-order chi connectivity index (χ1) is 13.1. The molecule has 1 aliphatic heterocycles. The van der Waals surface area contributed by atoms with Gasteiger partial charge in [-0.25, -0.2) is 8.42 Å². The lowest BCUT2D eigenvalue weighted by molar-refractivity contribution is -0.120. The van der Waals surface area contributed by atoms with Gasteiger partial charge in [-0.15, -0.1) is 0 Å². The highest BCUT2D eigenvalue weighted by atomic mass is 32.2. The molecule has 0 radical (unpaired) electrons. The normalized spacial score (nSPS) is 15.9. The number of fused-ring (bicyclic) bond motifs is 1. The third-order valence-electron chi connectivity index (χ3n) is 3.95. The van der Waals surface area contributed by atoms with Crippen molar-refractivity contribution in [3.8, 4) is 0 Å². The fourth-order valence-electron chi connectivity index (χ4n) is 2.64. The summed E-state index contributed by atoms with van der Waals surface area (Å²) in [4.78, 5) is 16.4. The molecule has 6 nitrogen and oxygen atoms in total. The first-order valence-electron chi connectivity index (χ1n) is 8.61. The number of carbonyl (C=O) groups excluding carboxylic acids is 1. The standard InChI is InChI=1S/C19H21N3O3S2/c23-18(20-12-13-26-14-15-6-2-1-3-7-15)10-11-21-19-16-8-4-5-9-17(16)27(24,25)22-19/h1-9H,10-14H2,(H,20,23)(H,21,22). The summed E-state index contributed by atoms with van der Waals surface area (Å²) >= 11 is 1.77. The zero-order chi connectivity index (χ0) is 19.1. The molecule has 27 heavy (non-hydrogen) atoms. The molecule has 2 aromatic rings. The van der Waals surface area contributed by atoms with Gasteiger partial charge in [0.1, 0.15) is 5.84 Å². The van der Waals surface area contributed by atoms with Crippen LogP contribution in [0.1, 0.15) is 17.5 Å². The maximum atomic E-state index is 12.0. The van der Waals surface area contributed by atoms with Crippen LogP contribution in [0, 0.1) is 0 Å². The van der Waals surface area contributed by atoms with Gasteiger partial charge in [0.15, 0.2) is 0 Å². The molecule has 1 heterocycles. The smallest absolute Gasteiger partial charge is 0.263 e. The number of amides is 1. The van der Waals surface area contributed by atoms with Crippen molar-refractivity contribution in [2.75, 3.05) is 18.8 Å². The van der Waals surface area contributed by atoms with Crippen LogP contribution in [-0.4, -0.2) is 39.0 Å². The van der Waals surface area contributed by atoms with Crippen LogP contribution in [0.15, 0.2) is 64.5 Å². The first kappa shape index (κ1) is 19.4. The number of hydrogen-bond donors (Lipinski definition) is 2. The molecule has 0 unspecified atom stereocenters. The van der Waals surface area contributed by atoms with Crippen molar-refractivity contribution < 1.29 is 13.2 Å². The number of benzene rings is 2. The van der Waals surface area contributed by atoms with Gasteiger partial charge in [-0.3, -0.25) is 14.5 Å². The van der Waals surface area contributed by atoms with Gasteiger partial charge in [-0.1, -0.05) is 42.5 Å². The van der Waals surface area contributed by atoms with E-state index in [1.165, 1.54) is 5.56 Å². The summed E-state index contributed by atoms with van der Waals surface area (Å²) in [5, 5.41) is 2.86. The van der Waals surface area contributed by atoms with Crippen molar-refractivity contribution in [2.24, 2.45) is 4.99 Å². The van der Waals surface area contributed by atoms with Crippen LogP contribution in [0.25, 0.3) is 0 Å². The molecule has 142 valence electrons. The number of carbonyl (C=O) groups is 1. The number of sulfonamides is 1. The Morgan fingerprint density at radius 2 is 1.81 bits per heavy atom. The number of amidine groups is 1. The Morgan fingerprint density at radius 3 is 2.63 bits per heavy atom. The highest BCUT2D eigenvalue weighted by molar-refractivity contribution is 7.98. The third kappa shape index (κ3) is 5.33. The molecular weight excluding hydrogens is 382 g/mol. The van der Waals surface area contributed by atoms with E-state index in [4.69, 9.17) is 0 Å². The SMILES string of the molecule is O=C(CCN=C1NS(=O)(=O)c2ccccc21)NCCSCc1ccccc1. The van der Waals surface area contributed by atoms with Crippen molar-refractivity contribution in [2.45, 2.75) is 17.1 Å². The molecule has 0 aromatic heterocycles. The Labute approximate surface area is 163 Å². The first-order valence-corrected chi connectivity index (χ1v) is 11.2. The van der Waals surface area contributed by atoms with Crippen LogP contribution in [0.2, 0.25) is 0 Å². The Bertz CT molecular complexity index is 928. The number of nitrogens with one attached hydrogen (secondary N) is 2. The van der Waals surface area contributed by atoms with E-state index in [1.54, 1.807) is 36.0 Å². The Balaban J connectivity index is 1.38. The highest BCUT2D eigenvalue weighted by Crippen LogP contribution is 2.22. The number of hydrogen-bond acceptors (Lipinski definition) is 5. The van der Waals surface area contributed by atoms with E-state index in [-0.39, 0.29) is 23.8 Å². The molecular formula is C19H21N3O3S2. The fourth-order valence-corrected chi connectivity index (χ4v) is 4.71. The fraction of sp³-hybridized carbons (Fsp3) is 0.263. The average molecular weight is 404 g/mol.